The van der Waals surface area contributed by atoms with Crippen molar-refractivity contribution in [1.82, 2.24) is 14.2 Å². The van der Waals surface area contributed by atoms with Gasteiger partial charge >= 0.3 is 0 Å². The summed E-state index contributed by atoms with van der Waals surface area (Å²) in [4.78, 5) is 20.8. The molecule has 160 valence electrons. The van der Waals surface area contributed by atoms with Gasteiger partial charge in [-0.15, -0.1) is 0 Å². The molecular formula is C20H23ClN4O3S2. The smallest absolute Gasteiger partial charge is 0.243 e. The van der Waals surface area contributed by atoms with Crippen molar-refractivity contribution in [1.29, 1.82) is 0 Å². The zero-order chi connectivity index (χ0) is 21.1. The molecule has 4 heterocycles. The zero-order valence-electron chi connectivity index (χ0n) is 16.7. The fraction of sp³-hybridized carbons (Fsp3) is 0.500. The molecule has 0 radical (unpaired) electrons. The Balaban J connectivity index is 1.60. The maximum atomic E-state index is 13.2. The third-order valence-corrected chi connectivity index (χ3v) is 9.52. The molecule has 1 amide bonds. The molecule has 2 saturated heterocycles. The van der Waals surface area contributed by atoms with Crippen LogP contribution >= 0.6 is 22.9 Å². The van der Waals surface area contributed by atoms with Gasteiger partial charge in [-0.3, -0.25) is 4.79 Å². The third-order valence-electron chi connectivity index (χ3n) is 6.49. The lowest BCUT2D eigenvalue weighted by molar-refractivity contribution is -0.127. The summed E-state index contributed by atoms with van der Waals surface area (Å²) in [6, 6.07) is 5.42. The first-order chi connectivity index (χ1) is 14.3. The molecule has 1 aromatic heterocycles. The second kappa shape index (κ2) is 7.19. The Hall–Kier alpha value is -1.68. The van der Waals surface area contributed by atoms with Crippen molar-refractivity contribution in [2.75, 3.05) is 37.6 Å². The van der Waals surface area contributed by atoms with E-state index in [0.29, 0.717) is 42.0 Å². The number of fused-ring (bicyclic) bond motifs is 2. The van der Waals surface area contributed by atoms with E-state index in [1.807, 2.05) is 17.0 Å². The summed E-state index contributed by atoms with van der Waals surface area (Å²) in [5, 5.41) is 0.787. The summed E-state index contributed by atoms with van der Waals surface area (Å²) in [6.45, 7) is 4.64. The molecule has 0 aliphatic carbocycles. The molecule has 2 aromatic rings. The highest BCUT2D eigenvalue weighted by molar-refractivity contribution is 7.89. The number of thiazole rings is 1. The normalized spacial score (nSPS) is 24.2. The lowest BCUT2D eigenvalue weighted by Gasteiger charge is -2.25. The van der Waals surface area contributed by atoms with E-state index >= 15 is 0 Å². The summed E-state index contributed by atoms with van der Waals surface area (Å²) >= 11 is 7.53. The number of sulfonamides is 1. The van der Waals surface area contributed by atoms with Gasteiger partial charge in [-0.1, -0.05) is 22.9 Å². The number of hydrogen-bond acceptors (Lipinski definition) is 6. The fourth-order valence-electron chi connectivity index (χ4n) is 4.92. The number of aromatic nitrogens is 1. The summed E-state index contributed by atoms with van der Waals surface area (Å²) in [6.07, 6.45) is 4.23. The third kappa shape index (κ3) is 3.14. The molecule has 30 heavy (non-hydrogen) atoms. The van der Waals surface area contributed by atoms with Crippen molar-refractivity contribution in [3.63, 3.8) is 0 Å². The molecule has 1 spiro atoms. The van der Waals surface area contributed by atoms with E-state index in [4.69, 9.17) is 11.6 Å². The number of benzene rings is 1. The standard InChI is InChI=1S/C20H23ClN4O3S2/c1-14(26)23-9-6-20(12-23)13-25(19-22-11-18(21)29-19)17-5-4-15(10-16(17)20)30(27,28)24-7-2-3-8-24/h4-5,10-11H,2-3,6-9,12-13H2,1H3. The second-order valence-electron chi connectivity index (χ2n) is 8.29. The van der Waals surface area contributed by atoms with Crippen LogP contribution in [-0.2, 0) is 20.2 Å². The first kappa shape index (κ1) is 20.2. The Labute approximate surface area is 185 Å². The van der Waals surface area contributed by atoms with Crippen LogP contribution in [0.4, 0.5) is 10.8 Å². The summed E-state index contributed by atoms with van der Waals surface area (Å²) < 4.78 is 28.6. The Kier molecular flexibility index (Phi) is 4.85. The van der Waals surface area contributed by atoms with E-state index in [0.717, 1.165) is 35.6 Å². The van der Waals surface area contributed by atoms with Crippen LogP contribution < -0.4 is 4.90 Å². The van der Waals surface area contributed by atoms with E-state index in [2.05, 4.69) is 9.88 Å². The highest BCUT2D eigenvalue weighted by Gasteiger charge is 2.49. The summed E-state index contributed by atoms with van der Waals surface area (Å²) in [5.41, 5.74) is 1.63. The van der Waals surface area contributed by atoms with Crippen LogP contribution in [0.15, 0.2) is 29.3 Å². The number of halogens is 1. The molecule has 5 rings (SSSR count). The average molecular weight is 467 g/mol. The van der Waals surface area contributed by atoms with Gasteiger partial charge in [-0.05, 0) is 43.0 Å². The number of anilines is 2. The number of nitrogens with zero attached hydrogens (tertiary/aromatic N) is 4. The van der Waals surface area contributed by atoms with Crippen LogP contribution in [0.1, 0.15) is 31.7 Å². The maximum Gasteiger partial charge on any atom is 0.243 e. The summed E-state index contributed by atoms with van der Waals surface area (Å²) in [7, 11) is -3.51. The van der Waals surface area contributed by atoms with E-state index < -0.39 is 10.0 Å². The molecule has 0 bridgehead atoms. The lowest BCUT2D eigenvalue weighted by Crippen LogP contribution is -2.36. The van der Waals surface area contributed by atoms with E-state index in [1.54, 1.807) is 23.5 Å². The number of likely N-dealkylation sites (tertiary alicyclic amines) is 1. The van der Waals surface area contributed by atoms with E-state index in [-0.39, 0.29) is 11.3 Å². The molecule has 2 fully saturated rings. The number of carbonyl (C=O) groups excluding carboxylic acids is 1. The minimum absolute atomic E-state index is 0.0463. The molecule has 7 nitrogen and oxygen atoms in total. The molecule has 3 aliphatic rings. The molecule has 0 saturated carbocycles. The van der Waals surface area contributed by atoms with Gasteiger partial charge in [0.05, 0.1) is 11.1 Å². The Morgan fingerprint density at radius 1 is 1.20 bits per heavy atom. The molecule has 10 heteroatoms. The Bertz CT molecular complexity index is 1110. The van der Waals surface area contributed by atoms with E-state index in [9.17, 15) is 13.2 Å². The molecule has 1 aromatic carbocycles. The van der Waals surface area contributed by atoms with Crippen molar-refractivity contribution in [2.24, 2.45) is 0 Å². The fourth-order valence-corrected chi connectivity index (χ4v) is 7.38. The number of rotatable bonds is 3. The highest BCUT2D eigenvalue weighted by atomic mass is 35.5. The van der Waals surface area contributed by atoms with Crippen LogP contribution in [-0.4, -0.2) is 61.2 Å². The number of amides is 1. The molecule has 1 atom stereocenters. The first-order valence-electron chi connectivity index (χ1n) is 10.1. The highest BCUT2D eigenvalue weighted by Crippen LogP contribution is 2.50. The second-order valence-corrected chi connectivity index (χ2v) is 11.9. The number of hydrogen-bond donors (Lipinski definition) is 0. The average Bonchev–Trinajstić information content (AvgIpc) is 3.49. The first-order valence-corrected chi connectivity index (χ1v) is 12.7. The van der Waals surface area contributed by atoms with Crippen molar-refractivity contribution >= 4 is 49.7 Å². The predicted molar refractivity (Wildman–Crippen MR) is 117 cm³/mol. The van der Waals surface area contributed by atoms with Crippen LogP contribution in [0.3, 0.4) is 0 Å². The molecular weight excluding hydrogens is 444 g/mol. The van der Waals surface area contributed by atoms with Gasteiger partial charge in [0.25, 0.3) is 0 Å². The van der Waals surface area contributed by atoms with Crippen molar-refractivity contribution < 1.29 is 13.2 Å². The van der Waals surface area contributed by atoms with Crippen LogP contribution in [0.5, 0.6) is 0 Å². The topological polar surface area (TPSA) is 73.8 Å². The Morgan fingerprint density at radius 3 is 2.60 bits per heavy atom. The van der Waals surface area contributed by atoms with Gasteiger partial charge < -0.3 is 9.80 Å². The van der Waals surface area contributed by atoms with Gasteiger partial charge in [0.2, 0.25) is 15.9 Å². The van der Waals surface area contributed by atoms with Gasteiger partial charge in [-0.25, -0.2) is 13.4 Å². The van der Waals surface area contributed by atoms with Crippen LogP contribution in [0.2, 0.25) is 4.34 Å². The van der Waals surface area contributed by atoms with Gasteiger partial charge in [-0.2, -0.15) is 4.31 Å². The quantitative estimate of drug-likeness (QED) is 0.694. The van der Waals surface area contributed by atoms with Gasteiger partial charge in [0.1, 0.15) is 4.34 Å². The van der Waals surface area contributed by atoms with Crippen molar-refractivity contribution in [3.8, 4) is 0 Å². The molecule has 1 unspecified atom stereocenters. The lowest BCUT2D eigenvalue weighted by atomic mass is 9.81. The number of carbonyl (C=O) groups is 1. The minimum Gasteiger partial charge on any atom is -0.342 e. The minimum atomic E-state index is -3.51. The SMILES string of the molecule is CC(=O)N1CCC2(C1)CN(c1ncc(Cl)s1)c1ccc(S(=O)(=O)N3CCCC3)cc12. The zero-order valence-corrected chi connectivity index (χ0v) is 19.1. The van der Waals surface area contributed by atoms with Crippen molar-refractivity contribution in [3.05, 3.63) is 34.3 Å². The Morgan fingerprint density at radius 2 is 1.97 bits per heavy atom. The van der Waals surface area contributed by atoms with E-state index in [1.165, 1.54) is 11.3 Å². The predicted octanol–water partition coefficient (Wildman–Crippen LogP) is 3.22. The van der Waals surface area contributed by atoms with Crippen LogP contribution in [0, 0.1) is 0 Å². The van der Waals surface area contributed by atoms with Crippen LogP contribution in [0.25, 0.3) is 0 Å². The molecule has 3 aliphatic heterocycles. The largest absolute Gasteiger partial charge is 0.342 e. The summed E-state index contributed by atoms with van der Waals surface area (Å²) in [5.74, 6) is 0.0463. The maximum absolute atomic E-state index is 13.2. The monoisotopic (exact) mass is 466 g/mol. The molecule has 0 N–H and O–H groups in total. The van der Waals surface area contributed by atoms with Crippen molar-refractivity contribution in [2.45, 2.75) is 36.5 Å². The van der Waals surface area contributed by atoms with Gasteiger partial charge in [0.15, 0.2) is 5.13 Å². The van der Waals surface area contributed by atoms with Gasteiger partial charge in [0, 0.05) is 50.7 Å².